The number of aromatic hydroxyl groups is 1. The van der Waals surface area contributed by atoms with Gasteiger partial charge >= 0.3 is 0 Å². The molecule has 1 aliphatic heterocycles. The molecule has 25 heavy (non-hydrogen) atoms. The number of anilines is 2. The minimum atomic E-state index is 0.0456. The van der Waals surface area contributed by atoms with Crippen LogP contribution in [0.3, 0.4) is 0 Å². The zero-order chi connectivity index (χ0) is 17.4. The summed E-state index contributed by atoms with van der Waals surface area (Å²) in [5.74, 6) is 1.79. The predicted molar refractivity (Wildman–Crippen MR) is 95.9 cm³/mol. The Morgan fingerprint density at radius 3 is 2.96 bits per heavy atom. The fourth-order valence-electron chi connectivity index (χ4n) is 3.30. The minimum absolute atomic E-state index is 0.0456. The first-order chi connectivity index (χ1) is 12.1. The second kappa shape index (κ2) is 6.08. The van der Waals surface area contributed by atoms with E-state index in [1.807, 2.05) is 32.2 Å². The van der Waals surface area contributed by atoms with Crippen LogP contribution in [0.25, 0.3) is 0 Å². The van der Waals surface area contributed by atoms with Gasteiger partial charge in [0, 0.05) is 31.3 Å². The maximum atomic E-state index is 9.86. The number of rotatable bonds is 3. The van der Waals surface area contributed by atoms with Gasteiger partial charge in [0.2, 0.25) is 5.95 Å². The van der Waals surface area contributed by atoms with Crippen molar-refractivity contribution in [2.45, 2.75) is 19.4 Å². The SMILES string of the molecule is CNc1cc(C)nc(N2Cc3[nH]cnc3C(c3cccc(O)c3)C2)n1. The Morgan fingerprint density at radius 2 is 2.16 bits per heavy atom. The Morgan fingerprint density at radius 1 is 1.28 bits per heavy atom. The van der Waals surface area contributed by atoms with E-state index in [0.717, 1.165) is 28.5 Å². The predicted octanol–water partition coefficient (Wildman–Crippen LogP) is 2.41. The van der Waals surface area contributed by atoms with Crippen molar-refractivity contribution in [3.63, 3.8) is 0 Å². The highest BCUT2D eigenvalue weighted by Gasteiger charge is 2.30. The number of aromatic nitrogens is 4. The lowest BCUT2D eigenvalue weighted by atomic mass is 9.91. The molecule has 3 heterocycles. The number of nitrogens with zero attached hydrogens (tertiary/aromatic N) is 4. The van der Waals surface area contributed by atoms with Crippen molar-refractivity contribution >= 4 is 11.8 Å². The molecule has 3 aromatic rings. The van der Waals surface area contributed by atoms with E-state index in [-0.39, 0.29) is 11.7 Å². The van der Waals surface area contributed by atoms with Gasteiger partial charge in [-0.25, -0.2) is 9.97 Å². The molecule has 4 rings (SSSR count). The molecule has 1 aliphatic rings. The average molecular weight is 336 g/mol. The highest BCUT2D eigenvalue weighted by atomic mass is 16.3. The van der Waals surface area contributed by atoms with Gasteiger partial charge < -0.3 is 20.3 Å². The number of hydrogen-bond acceptors (Lipinski definition) is 6. The molecule has 0 bridgehead atoms. The molecule has 1 atom stereocenters. The first-order valence-corrected chi connectivity index (χ1v) is 8.23. The summed E-state index contributed by atoms with van der Waals surface area (Å²) in [6.07, 6.45) is 1.72. The largest absolute Gasteiger partial charge is 0.508 e. The first-order valence-electron chi connectivity index (χ1n) is 8.23. The van der Waals surface area contributed by atoms with Gasteiger partial charge in [0.1, 0.15) is 11.6 Å². The summed E-state index contributed by atoms with van der Waals surface area (Å²) in [6, 6.07) is 9.27. The molecule has 0 amide bonds. The normalized spacial score (nSPS) is 16.6. The molecular formula is C18H20N6O. The van der Waals surface area contributed by atoms with Gasteiger partial charge in [0.25, 0.3) is 0 Å². The molecule has 2 aromatic heterocycles. The van der Waals surface area contributed by atoms with Gasteiger partial charge in [-0.2, -0.15) is 4.98 Å². The average Bonchev–Trinajstić information content (AvgIpc) is 3.09. The van der Waals surface area contributed by atoms with E-state index in [4.69, 9.17) is 0 Å². The molecule has 7 heteroatoms. The van der Waals surface area contributed by atoms with Gasteiger partial charge in [-0.05, 0) is 24.6 Å². The quantitative estimate of drug-likeness (QED) is 0.680. The van der Waals surface area contributed by atoms with Crippen molar-refractivity contribution in [2.24, 2.45) is 0 Å². The van der Waals surface area contributed by atoms with Crippen molar-refractivity contribution in [3.8, 4) is 5.75 Å². The third-order valence-corrected chi connectivity index (χ3v) is 4.49. The molecule has 0 spiro atoms. The number of nitrogens with one attached hydrogen (secondary N) is 2. The zero-order valence-corrected chi connectivity index (χ0v) is 14.2. The molecule has 1 unspecified atom stereocenters. The second-order valence-corrected chi connectivity index (χ2v) is 6.24. The number of fused-ring (bicyclic) bond motifs is 1. The number of imidazole rings is 1. The Balaban J connectivity index is 1.74. The number of phenols is 1. The van der Waals surface area contributed by atoms with Gasteiger partial charge in [0.05, 0.1) is 24.3 Å². The van der Waals surface area contributed by atoms with Crippen LogP contribution in [-0.2, 0) is 6.54 Å². The van der Waals surface area contributed by atoms with Crippen LogP contribution >= 0.6 is 0 Å². The highest BCUT2D eigenvalue weighted by Crippen LogP contribution is 2.34. The van der Waals surface area contributed by atoms with Crippen molar-refractivity contribution in [2.75, 3.05) is 23.8 Å². The Bertz CT molecular complexity index is 906. The van der Waals surface area contributed by atoms with Gasteiger partial charge in [-0.1, -0.05) is 12.1 Å². The summed E-state index contributed by atoms with van der Waals surface area (Å²) in [4.78, 5) is 19.1. The van der Waals surface area contributed by atoms with Crippen molar-refractivity contribution < 1.29 is 5.11 Å². The molecule has 1 aromatic carbocycles. The van der Waals surface area contributed by atoms with Crippen LogP contribution in [0, 0.1) is 6.92 Å². The minimum Gasteiger partial charge on any atom is -0.508 e. The Kier molecular flexibility index (Phi) is 3.76. The number of aryl methyl sites for hydroxylation is 1. The number of phenolic OH excluding ortho intramolecular Hbond substituents is 1. The van der Waals surface area contributed by atoms with Crippen LogP contribution in [0.2, 0.25) is 0 Å². The van der Waals surface area contributed by atoms with Crippen molar-refractivity contribution in [1.29, 1.82) is 0 Å². The number of aromatic amines is 1. The number of hydrogen-bond donors (Lipinski definition) is 3. The molecule has 7 nitrogen and oxygen atoms in total. The van der Waals surface area contributed by atoms with Crippen molar-refractivity contribution in [3.05, 3.63) is 59.3 Å². The van der Waals surface area contributed by atoms with Gasteiger partial charge in [0.15, 0.2) is 0 Å². The van der Waals surface area contributed by atoms with E-state index in [2.05, 4.69) is 30.2 Å². The standard InChI is InChI=1S/C18H20N6O/c1-11-6-16(19-2)23-18(22-11)24-8-14(12-4-3-5-13(25)7-12)17-15(9-24)20-10-21-17/h3-7,10,14,25H,8-9H2,1-2H3,(H,20,21)(H,19,22,23). The molecule has 128 valence electrons. The van der Waals surface area contributed by atoms with Crippen LogP contribution in [0.5, 0.6) is 5.75 Å². The third-order valence-electron chi connectivity index (χ3n) is 4.49. The fraction of sp³-hybridized carbons (Fsp3) is 0.278. The number of benzene rings is 1. The van der Waals surface area contributed by atoms with E-state index in [0.29, 0.717) is 19.0 Å². The monoisotopic (exact) mass is 336 g/mol. The molecule has 0 radical (unpaired) electrons. The van der Waals surface area contributed by atoms with Crippen molar-refractivity contribution in [1.82, 2.24) is 19.9 Å². The summed E-state index contributed by atoms with van der Waals surface area (Å²) < 4.78 is 0. The summed E-state index contributed by atoms with van der Waals surface area (Å²) >= 11 is 0. The third kappa shape index (κ3) is 2.88. The zero-order valence-electron chi connectivity index (χ0n) is 14.2. The summed E-state index contributed by atoms with van der Waals surface area (Å²) in [5, 5.41) is 12.9. The molecule has 0 saturated heterocycles. The Labute approximate surface area is 145 Å². The Hall–Kier alpha value is -3.09. The second-order valence-electron chi connectivity index (χ2n) is 6.24. The number of H-pyrrole nitrogens is 1. The lowest BCUT2D eigenvalue weighted by Gasteiger charge is -2.32. The highest BCUT2D eigenvalue weighted by molar-refractivity contribution is 5.47. The van der Waals surface area contributed by atoms with Crippen LogP contribution in [0.1, 0.15) is 28.6 Å². The van der Waals surface area contributed by atoms with E-state index in [1.54, 1.807) is 18.5 Å². The molecule has 0 saturated carbocycles. The van der Waals surface area contributed by atoms with Gasteiger partial charge in [-0.15, -0.1) is 0 Å². The molecule has 0 aliphatic carbocycles. The van der Waals surface area contributed by atoms with Crippen LogP contribution in [-0.4, -0.2) is 38.6 Å². The maximum Gasteiger partial charge on any atom is 0.227 e. The summed E-state index contributed by atoms with van der Waals surface area (Å²) in [5.41, 5.74) is 4.01. The molecule has 0 fully saturated rings. The van der Waals surface area contributed by atoms with Gasteiger partial charge in [-0.3, -0.25) is 0 Å². The lowest BCUT2D eigenvalue weighted by Crippen LogP contribution is -2.35. The molecule has 3 N–H and O–H groups in total. The van der Waals surface area contributed by atoms with E-state index in [1.165, 1.54) is 0 Å². The van der Waals surface area contributed by atoms with Crippen LogP contribution in [0.15, 0.2) is 36.7 Å². The first kappa shape index (κ1) is 15.4. The summed E-state index contributed by atoms with van der Waals surface area (Å²) in [6.45, 7) is 3.34. The maximum absolute atomic E-state index is 9.86. The van der Waals surface area contributed by atoms with Crippen LogP contribution in [0.4, 0.5) is 11.8 Å². The topological polar surface area (TPSA) is 90.0 Å². The molecular weight excluding hydrogens is 316 g/mol. The summed E-state index contributed by atoms with van der Waals surface area (Å²) in [7, 11) is 1.85. The van der Waals surface area contributed by atoms with Crippen LogP contribution < -0.4 is 10.2 Å². The fourth-order valence-corrected chi connectivity index (χ4v) is 3.30. The van der Waals surface area contributed by atoms with E-state index < -0.39 is 0 Å². The van der Waals surface area contributed by atoms with E-state index in [9.17, 15) is 5.11 Å². The smallest absolute Gasteiger partial charge is 0.227 e. The van der Waals surface area contributed by atoms with E-state index >= 15 is 0 Å². The lowest BCUT2D eigenvalue weighted by molar-refractivity contribution is 0.473.